The van der Waals surface area contributed by atoms with E-state index in [2.05, 4.69) is 15.9 Å². The van der Waals surface area contributed by atoms with Gasteiger partial charge in [0, 0.05) is 10.9 Å². The maximum Gasteiger partial charge on any atom is 0.327 e. The Morgan fingerprint density at radius 2 is 2.12 bits per heavy atom. The number of thiophene rings is 1. The van der Waals surface area contributed by atoms with Gasteiger partial charge >= 0.3 is 6.03 Å². The molecule has 17 heavy (non-hydrogen) atoms. The summed E-state index contributed by atoms with van der Waals surface area (Å²) in [7, 11) is 0. The van der Waals surface area contributed by atoms with E-state index in [4.69, 9.17) is 0 Å². The molecule has 4 nitrogen and oxygen atoms in total. The molecule has 90 valence electrons. The van der Waals surface area contributed by atoms with Crippen LogP contribution in [0, 0.1) is 0 Å². The largest absolute Gasteiger partial charge is 0.327 e. The van der Waals surface area contributed by atoms with Crippen molar-refractivity contribution in [3.8, 4) is 0 Å². The molecule has 1 saturated carbocycles. The number of hydrogen-bond acceptors (Lipinski definition) is 3. The summed E-state index contributed by atoms with van der Waals surface area (Å²) in [5.41, 5.74) is 0. The Hall–Kier alpha value is -0.880. The average molecular weight is 315 g/mol. The van der Waals surface area contributed by atoms with Gasteiger partial charge in [0.05, 0.1) is 10.3 Å². The number of rotatable bonds is 3. The molecule has 6 heteroatoms. The van der Waals surface area contributed by atoms with Crippen molar-refractivity contribution >= 4 is 39.2 Å². The van der Waals surface area contributed by atoms with Crippen LogP contribution in [0.5, 0.6) is 0 Å². The van der Waals surface area contributed by atoms with Crippen molar-refractivity contribution in [3.63, 3.8) is 0 Å². The Kier molecular flexibility index (Phi) is 2.71. The molecular weight excluding hydrogens is 304 g/mol. The fourth-order valence-electron chi connectivity index (χ4n) is 1.98. The first-order valence-electron chi connectivity index (χ1n) is 5.50. The lowest BCUT2D eigenvalue weighted by molar-refractivity contribution is -0.125. The lowest BCUT2D eigenvalue weighted by atomic mass is 10.4. The van der Waals surface area contributed by atoms with E-state index >= 15 is 0 Å². The number of imide groups is 1. The molecule has 0 atom stereocenters. The molecule has 0 bridgehead atoms. The van der Waals surface area contributed by atoms with Crippen LogP contribution in [0.1, 0.15) is 17.7 Å². The highest BCUT2D eigenvalue weighted by atomic mass is 79.9. The molecule has 0 spiro atoms. The predicted molar refractivity (Wildman–Crippen MR) is 67.7 cm³/mol. The normalized spacial score (nSPS) is 20.5. The highest BCUT2D eigenvalue weighted by molar-refractivity contribution is 9.11. The van der Waals surface area contributed by atoms with Crippen molar-refractivity contribution in [2.45, 2.75) is 25.4 Å². The van der Waals surface area contributed by atoms with E-state index in [-0.39, 0.29) is 18.5 Å². The van der Waals surface area contributed by atoms with Gasteiger partial charge in [-0.3, -0.25) is 9.69 Å². The first-order valence-corrected chi connectivity index (χ1v) is 7.11. The van der Waals surface area contributed by atoms with Gasteiger partial charge in [0.1, 0.15) is 6.54 Å². The van der Waals surface area contributed by atoms with Crippen molar-refractivity contribution < 1.29 is 9.59 Å². The summed E-state index contributed by atoms with van der Waals surface area (Å²) in [5, 5.41) is 0. The van der Waals surface area contributed by atoms with Crippen LogP contribution in [-0.2, 0) is 11.3 Å². The smallest absolute Gasteiger partial charge is 0.312 e. The fraction of sp³-hybridized carbons (Fsp3) is 0.455. The minimum atomic E-state index is -0.123. The third kappa shape index (κ3) is 2.11. The lowest BCUT2D eigenvalue weighted by Crippen LogP contribution is -2.33. The summed E-state index contributed by atoms with van der Waals surface area (Å²) in [5.74, 6) is -0.0774. The van der Waals surface area contributed by atoms with Gasteiger partial charge in [-0.1, -0.05) is 0 Å². The number of amides is 3. The monoisotopic (exact) mass is 314 g/mol. The van der Waals surface area contributed by atoms with E-state index in [1.165, 1.54) is 4.90 Å². The number of nitrogens with zero attached hydrogens (tertiary/aromatic N) is 2. The van der Waals surface area contributed by atoms with Crippen molar-refractivity contribution in [2.75, 3.05) is 6.54 Å². The summed E-state index contributed by atoms with van der Waals surface area (Å²) < 4.78 is 1.02. The van der Waals surface area contributed by atoms with Crippen LogP contribution in [-0.4, -0.2) is 34.3 Å². The highest BCUT2D eigenvalue weighted by Crippen LogP contribution is 2.31. The molecule has 0 aromatic carbocycles. The van der Waals surface area contributed by atoms with Gasteiger partial charge in [-0.15, -0.1) is 11.3 Å². The van der Waals surface area contributed by atoms with Crippen molar-refractivity contribution in [1.82, 2.24) is 9.80 Å². The molecular formula is C11H11BrN2O2S. The first kappa shape index (κ1) is 11.2. The average Bonchev–Trinajstić information content (AvgIpc) is 3.00. The fourth-order valence-corrected chi connectivity index (χ4v) is 3.45. The molecule has 1 aliphatic carbocycles. The third-order valence-electron chi connectivity index (χ3n) is 3.01. The molecule has 3 rings (SSSR count). The maximum absolute atomic E-state index is 12.0. The molecule has 0 radical (unpaired) electrons. The zero-order valence-electron chi connectivity index (χ0n) is 9.06. The molecule has 1 saturated heterocycles. The van der Waals surface area contributed by atoms with Crippen LogP contribution >= 0.6 is 27.3 Å². The number of urea groups is 1. The van der Waals surface area contributed by atoms with Gasteiger partial charge in [0.15, 0.2) is 0 Å². The Morgan fingerprint density at radius 1 is 1.35 bits per heavy atom. The molecule has 1 aromatic heterocycles. The first-order chi connectivity index (χ1) is 8.15. The van der Waals surface area contributed by atoms with Gasteiger partial charge in [-0.25, -0.2) is 4.79 Å². The van der Waals surface area contributed by atoms with Crippen molar-refractivity contribution in [2.24, 2.45) is 0 Å². The van der Waals surface area contributed by atoms with E-state index in [0.717, 1.165) is 21.5 Å². The molecule has 0 N–H and O–H groups in total. The van der Waals surface area contributed by atoms with Gasteiger partial charge in [-0.2, -0.15) is 0 Å². The molecule has 2 heterocycles. The molecule has 2 fully saturated rings. The van der Waals surface area contributed by atoms with Crippen LogP contribution in [0.2, 0.25) is 0 Å². The van der Waals surface area contributed by atoms with E-state index < -0.39 is 0 Å². The minimum Gasteiger partial charge on any atom is -0.312 e. The number of hydrogen-bond donors (Lipinski definition) is 0. The van der Waals surface area contributed by atoms with Crippen LogP contribution in [0.15, 0.2) is 15.9 Å². The van der Waals surface area contributed by atoms with Crippen LogP contribution in [0.25, 0.3) is 0 Å². The summed E-state index contributed by atoms with van der Waals surface area (Å²) >= 11 is 4.93. The number of carbonyl (C=O) groups excluding carboxylic acids is 2. The Morgan fingerprint density at radius 3 is 2.71 bits per heavy atom. The SMILES string of the molecule is O=C1CN(C2CC2)C(=O)N1Cc1ccc(Br)s1. The molecule has 0 unspecified atom stereocenters. The molecule has 1 aliphatic heterocycles. The molecule has 1 aromatic rings. The second-order valence-electron chi connectivity index (χ2n) is 4.33. The summed E-state index contributed by atoms with van der Waals surface area (Å²) in [6, 6.07) is 4.06. The Labute approximate surface area is 111 Å². The quantitative estimate of drug-likeness (QED) is 0.804. The minimum absolute atomic E-state index is 0.0774. The topological polar surface area (TPSA) is 40.6 Å². The highest BCUT2D eigenvalue weighted by Gasteiger charge is 2.43. The zero-order chi connectivity index (χ0) is 12.0. The molecule has 2 aliphatic rings. The maximum atomic E-state index is 12.0. The van der Waals surface area contributed by atoms with Crippen molar-refractivity contribution in [1.29, 1.82) is 0 Å². The van der Waals surface area contributed by atoms with Crippen LogP contribution < -0.4 is 0 Å². The van der Waals surface area contributed by atoms with E-state index in [9.17, 15) is 9.59 Å². The van der Waals surface area contributed by atoms with Gasteiger partial charge in [0.2, 0.25) is 0 Å². The summed E-state index contributed by atoms with van der Waals surface area (Å²) in [6.07, 6.45) is 2.08. The van der Waals surface area contributed by atoms with E-state index in [0.29, 0.717) is 12.6 Å². The Bertz CT molecular complexity index is 484. The van der Waals surface area contributed by atoms with E-state index in [1.54, 1.807) is 16.2 Å². The second kappa shape index (κ2) is 4.10. The van der Waals surface area contributed by atoms with Gasteiger partial charge in [0.25, 0.3) is 5.91 Å². The zero-order valence-corrected chi connectivity index (χ0v) is 11.5. The second-order valence-corrected chi connectivity index (χ2v) is 6.87. The number of halogens is 1. The van der Waals surface area contributed by atoms with Gasteiger partial charge < -0.3 is 4.90 Å². The van der Waals surface area contributed by atoms with Gasteiger partial charge in [-0.05, 0) is 40.9 Å². The lowest BCUT2D eigenvalue weighted by Gasteiger charge is -2.15. The molecule has 3 amide bonds. The van der Waals surface area contributed by atoms with Crippen LogP contribution in [0.4, 0.5) is 4.79 Å². The Balaban J connectivity index is 1.74. The van der Waals surface area contributed by atoms with Crippen molar-refractivity contribution in [3.05, 3.63) is 20.8 Å². The third-order valence-corrected chi connectivity index (χ3v) is 4.62. The summed E-state index contributed by atoms with van der Waals surface area (Å²) in [6.45, 7) is 0.660. The van der Waals surface area contributed by atoms with E-state index in [1.807, 2.05) is 12.1 Å². The summed E-state index contributed by atoms with van der Waals surface area (Å²) in [4.78, 5) is 27.9. The number of carbonyl (C=O) groups is 2. The predicted octanol–water partition coefficient (Wildman–Crippen LogP) is 2.44. The van der Waals surface area contributed by atoms with Crippen LogP contribution in [0.3, 0.4) is 0 Å². The standard InChI is InChI=1S/C11H11BrN2O2S/c12-9-4-3-8(17-9)5-14-10(15)6-13(11(14)16)7-1-2-7/h3-4,7H,1-2,5-6H2.